The second-order valence-corrected chi connectivity index (χ2v) is 8.87. The molecule has 1 aromatic heterocycles. The van der Waals surface area contributed by atoms with Crippen LogP contribution in [0.4, 0.5) is 0 Å². The van der Waals surface area contributed by atoms with Crippen LogP contribution in [-0.4, -0.2) is 48.3 Å². The summed E-state index contributed by atoms with van der Waals surface area (Å²) in [5.74, 6) is -1.94. The molecule has 3 rings (SSSR count). The maximum absolute atomic E-state index is 12.5. The van der Waals surface area contributed by atoms with Crippen LogP contribution in [0, 0.1) is 5.92 Å². The van der Waals surface area contributed by atoms with E-state index in [4.69, 9.17) is 9.52 Å². The highest BCUT2D eigenvalue weighted by molar-refractivity contribution is 7.89. The molecule has 0 bridgehead atoms. The number of hydrogen-bond acceptors (Lipinski definition) is 5. The lowest BCUT2D eigenvalue weighted by Gasteiger charge is -2.41. The van der Waals surface area contributed by atoms with E-state index in [1.807, 2.05) is 6.92 Å². The van der Waals surface area contributed by atoms with E-state index >= 15 is 0 Å². The van der Waals surface area contributed by atoms with Crippen molar-refractivity contribution in [2.45, 2.75) is 49.7 Å². The van der Waals surface area contributed by atoms with Gasteiger partial charge in [0, 0.05) is 24.5 Å². The first kappa shape index (κ1) is 17.9. The molecule has 1 amide bonds. The van der Waals surface area contributed by atoms with Crippen LogP contribution in [0.15, 0.2) is 21.6 Å². The molecule has 9 heteroatoms. The van der Waals surface area contributed by atoms with Crippen molar-refractivity contribution in [3.8, 4) is 0 Å². The lowest BCUT2D eigenvalue weighted by Crippen LogP contribution is -2.54. The Morgan fingerprint density at radius 2 is 1.92 bits per heavy atom. The number of furan rings is 1. The summed E-state index contributed by atoms with van der Waals surface area (Å²) in [6.07, 6.45) is 3.96. The maximum Gasteiger partial charge on any atom is 0.371 e. The Kier molecular flexibility index (Phi) is 4.63. The number of aromatic carboxylic acids is 1. The highest BCUT2D eigenvalue weighted by Crippen LogP contribution is 2.32. The van der Waals surface area contributed by atoms with Gasteiger partial charge in [0.25, 0.3) is 10.0 Å². The number of carbonyl (C=O) groups excluding carboxylic acids is 1. The number of sulfonamides is 1. The van der Waals surface area contributed by atoms with Crippen molar-refractivity contribution in [2.24, 2.45) is 5.92 Å². The highest BCUT2D eigenvalue weighted by Gasteiger charge is 2.38. The van der Waals surface area contributed by atoms with Gasteiger partial charge >= 0.3 is 5.97 Å². The Bertz CT molecular complexity index is 772. The predicted molar refractivity (Wildman–Crippen MR) is 87.5 cm³/mol. The van der Waals surface area contributed by atoms with Crippen LogP contribution < -0.4 is 5.32 Å². The van der Waals surface area contributed by atoms with Crippen molar-refractivity contribution >= 4 is 21.9 Å². The summed E-state index contributed by atoms with van der Waals surface area (Å²) >= 11 is 0. The van der Waals surface area contributed by atoms with Gasteiger partial charge in [-0.1, -0.05) is 0 Å². The maximum atomic E-state index is 12.5. The molecule has 0 radical (unpaired) electrons. The van der Waals surface area contributed by atoms with E-state index in [0.29, 0.717) is 12.8 Å². The SMILES string of the molecule is CC1(NC(=O)C2CCN(S(=O)(=O)c3ccc(C(=O)O)o3)CC2)CCC1. The van der Waals surface area contributed by atoms with Gasteiger partial charge in [0.1, 0.15) is 0 Å². The molecule has 0 unspecified atom stereocenters. The van der Waals surface area contributed by atoms with E-state index < -0.39 is 21.8 Å². The van der Waals surface area contributed by atoms with Gasteiger partial charge in [-0.3, -0.25) is 4.79 Å². The Labute approximate surface area is 146 Å². The third-order valence-electron chi connectivity index (χ3n) is 5.09. The van der Waals surface area contributed by atoms with Crippen molar-refractivity contribution in [1.82, 2.24) is 9.62 Å². The number of nitrogens with one attached hydrogen (secondary N) is 1. The number of amides is 1. The molecule has 8 nitrogen and oxygen atoms in total. The van der Waals surface area contributed by atoms with Crippen molar-refractivity contribution in [3.05, 3.63) is 17.9 Å². The third-order valence-corrected chi connectivity index (χ3v) is 6.87. The molecular weight excluding hydrogens is 348 g/mol. The van der Waals surface area contributed by atoms with Gasteiger partial charge in [0.2, 0.25) is 16.8 Å². The third kappa shape index (κ3) is 3.57. The molecule has 2 aliphatic rings. The number of rotatable bonds is 5. The number of carboxylic acid groups (broad SMARTS) is 1. The molecule has 138 valence electrons. The predicted octanol–water partition coefficient (Wildman–Crippen LogP) is 1.44. The molecule has 2 fully saturated rings. The van der Waals surface area contributed by atoms with Gasteiger partial charge in [-0.2, -0.15) is 4.31 Å². The number of carbonyl (C=O) groups is 2. The second-order valence-electron chi connectivity index (χ2n) is 7.01. The van der Waals surface area contributed by atoms with Crippen molar-refractivity contribution in [3.63, 3.8) is 0 Å². The zero-order chi connectivity index (χ0) is 18.2. The molecule has 25 heavy (non-hydrogen) atoms. The summed E-state index contributed by atoms with van der Waals surface area (Å²) < 4.78 is 31.2. The Morgan fingerprint density at radius 1 is 1.28 bits per heavy atom. The van der Waals surface area contributed by atoms with E-state index in [2.05, 4.69) is 5.32 Å². The van der Waals surface area contributed by atoms with Crippen LogP contribution in [0.25, 0.3) is 0 Å². The molecular formula is C16H22N2O6S. The van der Waals surface area contributed by atoms with Crippen molar-refractivity contribution in [2.75, 3.05) is 13.1 Å². The van der Waals surface area contributed by atoms with Crippen LogP contribution in [0.2, 0.25) is 0 Å². The second kappa shape index (κ2) is 6.45. The van der Waals surface area contributed by atoms with Gasteiger partial charge in [-0.15, -0.1) is 0 Å². The topological polar surface area (TPSA) is 117 Å². The minimum absolute atomic E-state index is 0.00888. The fourth-order valence-corrected chi connectivity index (χ4v) is 4.67. The average molecular weight is 370 g/mol. The van der Waals surface area contributed by atoms with E-state index in [1.165, 1.54) is 4.31 Å². The van der Waals surface area contributed by atoms with Crippen LogP contribution in [0.3, 0.4) is 0 Å². The fraction of sp³-hybridized carbons (Fsp3) is 0.625. The average Bonchev–Trinajstić information content (AvgIpc) is 3.04. The molecule has 1 aliphatic heterocycles. The van der Waals surface area contributed by atoms with Gasteiger partial charge < -0.3 is 14.8 Å². The molecule has 0 aromatic carbocycles. The number of piperidine rings is 1. The van der Waals surface area contributed by atoms with Crippen LogP contribution in [0.5, 0.6) is 0 Å². The van der Waals surface area contributed by atoms with Crippen LogP contribution in [-0.2, 0) is 14.8 Å². The number of nitrogens with zero attached hydrogens (tertiary/aromatic N) is 1. The molecule has 1 saturated heterocycles. The standard InChI is InChI=1S/C16H22N2O6S/c1-16(7-2-8-16)17-14(19)11-5-9-18(10-6-11)25(22,23)13-4-3-12(24-13)15(20)21/h3-4,11H,2,5-10H2,1H3,(H,17,19)(H,20,21). The van der Waals surface area contributed by atoms with Gasteiger partial charge in [-0.05, 0) is 51.2 Å². The molecule has 2 heterocycles. The normalized spacial score (nSPS) is 21.5. The van der Waals surface area contributed by atoms with E-state index in [9.17, 15) is 18.0 Å². The first-order chi connectivity index (χ1) is 11.7. The summed E-state index contributed by atoms with van der Waals surface area (Å²) in [7, 11) is -3.88. The molecule has 0 atom stereocenters. The largest absolute Gasteiger partial charge is 0.475 e. The first-order valence-electron chi connectivity index (χ1n) is 8.37. The smallest absolute Gasteiger partial charge is 0.371 e. The summed E-state index contributed by atoms with van der Waals surface area (Å²) in [5, 5.41) is 11.5. The lowest BCUT2D eigenvalue weighted by atomic mass is 9.78. The summed E-state index contributed by atoms with van der Waals surface area (Å²) in [5.41, 5.74) is -0.109. The van der Waals surface area contributed by atoms with Gasteiger partial charge in [0.15, 0.2) is 0 Å². The molecule has 1 aliphatic carbocycles. The fourth-order valence-electron chi connectivity index (χ4n) is 3.29. The molecule has 1 aromatic rings. The Morgan fingerprint density at radius 3 is 2.40 bits per heavy atom. The van der Waals surface area contributed by atoms with Gasteiger partial charge in [0.05, 0.1) is 0 Å². The summed E-state index contributed by atoms with van der Waals surface area (Å²) in [6, 6.07) is 2.27. The van der Waals surface area contributed by atoms with E-state index in [-0.39, 0.29) is 35.5 Å². The summed E-state index contributed by atoms with van der Waals surface area (Å²) in [4.78, 5) is 23.2. The van der Waals surface area contributed by atoms with Crippen molar-refractivity contribution < 1.29 is 27.5 Å². The van der Waals surface area contributed by atoms with Crippen LogP contribution >= 0.6 is 0 Å². The van der Waals surface area contributed by atoms with Crippen LogP contribution in [0.1, 0.15) is 49.6 Å². The molecule has 2 N–H and O–H groups in total. The summed E-state index contributed by atoms with van der Waals surface area (Å²) in [6.45, 7) is 2.45. The zero-order valence-electron chi connectivity index (χ0n) is 14.0. The number of carboxylic acids is 1. The molecule has 0 spiro atoms. The Balaban J connectivity index is 1.60. The molecule has 1 saturated carbocycles. The minimum Gasteiger partial charge on any atom is -0.475 e. The minimum atomic E-state index is -3.88. The quantitative estimate of drug-likeness (QED) is 0.810. The van der Waals surface area contributed by atoms with Crippen molar-refractivity contribution in [1.29, 1.82) is 0 Å². The zero-order valence-corrected chi connectivity index (χ0v) is 14.8. The van der Waals surface area contributed by atoms with E-state index in [0.717, 1.165) is 31.4 Å². The lowest BCUT2D eigenvalue weighted by molar-refractivity contribution is -0.129. The number of hydrogen-bond donors (Lipinski definition) is 2. The van der Waals surface area contributed by atoms with E-state index in [1.54, 1.807) is 0 Å². The monoisotopic (exact) mass is 370 g/mol. The Hall–Kier alpha value is -1.87. The highest BCUT2D eigenvalue weighted by atomic mass is 32.2. The first-order valence-corrected chi connectivity index (χ1v) is 9.81. The van der Waals surface area contributed by atoms with Gasteiger partial charge in [-0.25, -0.2) is 13.2 Å².